The molecule has 2 aromatic heterocycles. The lowest BCUT2D eigenvalue weighted by Gasteiger charge is -2.35. The van der Waals surface area contributed by atoms with Crippen molar-refractivity contribution in [2.45, 2.75) is 19.4 Å². The minimum atomic E-state index is -0.293. The Morgan fingerprint density at radius 2 is 1.45 bits per heavy atom. The van der Waals surface area contributed by atoms with Crippen LogP contribution >= 0.6 is 0 Å². The van der Waals surface area contributed by atoms with Crippen LogP contribution in [0.25, 0.3) is 22.2 Å². The highest BCUT2D eigenvalue weighted by molar-refractivity contribution is 5.84. The van der Waals surface area contributed by atoms with Crippen molar-refractivity contribution in [1.82, 2.24) is 19.9 Å². The molecular formula is C33H30FN5O. The van der Waals surface area contributed by atoms with Gasteiger partial charge in [-0.2, -0.15) is 0 Å². The van der Waals surface area contributed by atoms with Gasteiger partial charge in [-0.1, -0.05) is 48.5 Å². The van der Waals surface area contributed by atoms with Gasteiger partial charge >= 0.3 is 0 Å². The maximum Gasteiger partial charge on any atom is 0.147 e. The normalized spacial score (nSPS) is 14.0. The fraction of sp³-hybridized carbons (Fsp3) is 0.212. The fourth-order valence-corrected chi connectivity index (χ4v) is 5.15. The molecule has 0 N–H and O–H groups in total. The molecule has 1 aliphatic rings. The number of hydrogen-bond donors (Lipinski definition) is 0. The lowest BCUT2D eigenvalue weighted by molar-refractivity contribution is -0.117. The third-order valence-electron chi connectivity index (χ3n) is 7.36. The van der Waals surface area contributed by atoms with Crippen molar-refractivity contribution in [1.29, 1.82) is 0 Å². The Morgan fingerprint density at radius 3 is 2.15 bits per heavy atom. The van der Waals surface area contributed by atoms with E-state index < -0.39 is 0 Å². The van der Waals surface area contributed by atoms with Crippen LogP contribution in [-0.4, -0.2) is 51.8 Å². The molecule has 3 heterocycles. The van der Waals surface area contributed by atoms with Gasteiger partial charge < -0.3 is 4.90 Å². The molecule has 0 spiro atoms. The number of anilines is 1. The van der Waals surface area contributed by atoms with Crippen LogP contribution in [0.4, 0.5) is 10.2 Å². The van der Waals surface area contributed by atoms with Gasteiger partial charge in [-0.05, 0) is 58.1 Å². The van der Waals surface area contributed by atoms with Gasteiger partial charge in [-0.25, -0.2) is 9.37 Å². The first-order valence-electron chi connectivity index (χ1n) is 13.6. The van der Waals surface area contributed by atoms with Crippen molar-refractivity contribution in [3.05, 3.63) is 120 Å². The standard InChI is InChI=1S/C33H30FN5O/c34-29-10-5-25(6-11-29)19-30(40)18-24-3-7-27(8-4-24)28-9-12-31-32(20-28)37-33(22-36-31)39-16-14-38(15-17-39)23-26-2-1-13-35-21-26/h1-13,20-22H,14-19,23H2. The summed E-state index contributed by atoms with van der Waals surface area (Å²) in [5, 5.41) is 0. The molecule has 0 atom stereocenters. The number of fused-ring (bicyclic) bond motifs is 1. The average molecular weight is 532 g/mol. The molecule has 0 aliphatic carbocycles. The number of ketones is 1. The number of rotatable bonds is 8. The number of carbonyl (C=O) groups is 1. The summed E-state index contributed by atoms with van der Waals surface area (Å²) in [5.41, 5.74) is 6.88. The van der Waals surface area contributed by atoms with Crippen molar-refractivity contribution < 1.29 is 9.18 Å². The molecule has 3 aromatic carbocycles. The summed E-state index contributed by atoms with van der Waals surface area (Å²) < 4.78 is 13.1. The highest BCUT2D eigenvalue weighted by Gasteiger charge is 2.19. The smallest absolute Gasteiger partial charge is 0.147 e. The molecule has 1 saturated heterocycles. The topological polar surface area (TPSA) is 62.2 Å². The first kappa shape index (κ1) is 25.8. The van der Waals surface area contributed by atoms with Gasteiger partial charge in [-0.15, -0.1) is 0 Å². The number of benzene rings is 3. The van der Waals surface area contributed by atoms with E-state index in [4.69, 9.17) is 4.98 Å². The van der Waals surface area contributed by atoms with E-state index in [9.17, 15) is 9.18 Å². The van der Waals surface area contributed by atoms with Gasteiger partial charge in [-0.3, -0.25) is 19.7 Å². The third-order valence-corrected chi connectivity index (χ3v) is 7.36. The van der Waals surface area contributed by atoms with E-state index in [-0.39, 0.29) is 11.6 Å². The largest absolute Gasteiger partial charge is 0.353 e. The molecule has 6 rings (SSSR count). The Kier molecular flexibility index (Phi) is 7.55. The lowest BCUT2D eigenvalue weighted by atomic mass is 9.99. The Labute approximate surface area is 233 Å². The van der Waals surface area contributed by atoms with Crippen LogP contribution in [0.5, 0.6) is 0 Å². The predicted molar refractivity (Wildman–Crippen MR) is 156 cm³/mol. The molecule has 5 aromatic rings. The van der Waals surface area contributed by atoms with E-state index in [1.165, 1.54) is 17.7 Å². The van der Waals surface area contributed by atoms with Crippen LogP contribution in [0.3, 0.4) is 0 Å². The maximum atomic E-state index is 13.1. The number of Topliss-reactive ketones (excluding diaryl/α,β-unsaturated/α-hetero) is 1. The number of aromatic nitrogens is 3. The Balaban J connectivity index is 1.10. The Hall–Kier alpha value is -4.49. The quantitative estimate of drug-likeness (QED) is 0.263. The first-order chi connectivity index (χ1) is 19.6. The molecule has 40 heavy (non-hydrogen) atoms. The van der Waals surface area contributed by atoms with Crippen LogP contribution in [0.2, 0.25) is 0 Å². The minimum absolute atomic E-state index is 0.103. The second-order valence-electron chi connectivity index (χ2n) is 10.3. The number of pyridine rings is 1. The van der Waals surface area contributed by atoms with Crippen LogP contribution in [0, 0.1) is 5.82 Å². The van der Waals surface area contributed by atoms with E-state index in [2.05, 4.69) is 38.0 Å². The van der Waals surface area contributed by atoms with E-state index in [1.807, 2.05) is 55.0 Å². The molecule has 1 aliphatic heterocycles. The highest BCUT2D eigenvalue weighted by Crippen LogP contribution is 2.25. The summed E-state index contributed by atoms with van der Waals surface area (Å²) in [6.07, 6.45) is 6.26. The van der Waals surface area contributed by atoms with E-state index in [1.54, 1.807) is 12.1 Å². The molecule has 0 radical (unpaired) electrons. The SMILES string of the molecule is O=C(Cc1ccc(F)cc1)Cc1ccc(-c2ccc3ncc(N4CCN(Cc5cccnc5)CC4)nc3c2)cc1. The number of halogens is 1. The summed E-state index contributed by atoms with van der Waals surface area (Å²) in [5.74, 6) is 0.713. The Morgan fingerprint density at radius 1 is 0.750 bits per heavy atom. The van der Waals surface area contributed by atoms with Crippen molar-refractivity contribution in [2.24, 2.45) is 0 Å². The minimum Gasteiger partial charge on any atom is -0.353 e. The van der Waals surface area contributed by atoms with Crippen LogP contribution in [0.1, 0.15) is 16.7 Å². The summed E-state index contributed by atoms with van der Waals surface area (Å²) >= 11 is 0. The molecule has 7 heteroatoms. The summed E-state index contributed by atoms with van der Waals surface area (Å²) in [4.78, 5) is 31.1. The van der Waals surface area contributed by atoms with Crippen LogP contribution in [-0.2, 0) is 24.2 Å². The van der Waals surface area contributed by atoms with Crippen LogP contribution in [0.15, 0.2) is 97.5 Å². The molecular weight excluding hydrogens is 501 g/mol. The van der Waals surface area contributed by atoms with Crippen molar-refractivity contribution in [3.8, 4) is 11.1 Å². The zero-order valence-corrected chi connectivity index (χ0v) is 22.2. The number of nitrogens with zero attached hydrogens (tertiary/aromatic N) is 5. The highest BCUT2D eigenvalue weighted by atomic mass is 19.1. The molecule has 0 unspecified atom stereocenters. The van der Waals surface area contributed by atoms with Gasteiger partial charge in [0.2, 0.25) is 0 Å². The average Bonchev–Trinajstić information content (AvgIpc) is 2.99. The van der Waals surface area contributed by atoms with Gasteiger partial charge in [0.25, 0.3) is 0 Å². The summed E-state index contributed by atoms with van der Waals surface area (Å²) in [7, 11) is 0. The maximum absolute atomic E-state index is 13.1. The number of carbonyl (C=O) groups excluding carboxylic acids is 1. The number of hydrogen-bond acceptors (Lipinski definition) is 6. The van der Waals surface area contributed by atoms with Crippen molar-refractivity contribution in [3.63, 3.8) is 0 Å². The molecule has 0 saturated carbocycles. The van der Waals surface area contributed by atoms with Gasteiger partial charge in [0.05, 0.1) is 17.2 Å². The second-order valence-corrected chi connectivity index (χ2v) is 10.3. The molecule has 1 fully saturated rings. The Bertz CT molecular complexity index is 1600. The third kappa shape index (κ3) is 6.21. The summed E-state index contributed by atoms with van der Waals surface area (Å²) in [6.45, 7) is 4.65. The monoisotopic (exact) mass is 531 g/mol. The second kappa shape index (κ2) is 11.7. The fourth-order valence-electron chi connectivity index (χ4n) is 5.15. The first-order valence-corrected chi connectivity index (χ1v) is 13.6. The molecule has 200 valence electrons. The molecule has 0 amide bonds. The van der Waals surface area contributed by atoms with Crippen LogP contribution < -0.4 is 4.90 Å². The molecule has 6 nitrogen and oxygen atoms in total. The number of piperazine rings is 1. The zero-order valence-electron chi connectivity index (χ0n) is 22.2. The van der Waals surface area contributed by atoms with Crippen molar-refractivity contribution in [2.75, 3.05) is 31.1 Å². The zero-order chi connectivity index (χ0) is 27.3. The van der Waals surface area contributed by atoms with E-state index in [0.29, 0.717) is 12.8 Å². The predicted octanol–water partition coefficient (Wildman–Crippen LogP) is 5.51. The van der Waals surface area contributed by atoms with Crippen molar-refractivity contribution >= 4 is 22.6 Å². The van der Waals surface area contributed by atoms with E-state index in [0.717, 1.165) is 71.8 Å². The van der Waals surface area contributed by atoms with Gasteiger partial charge in [0.1, 0.15) is 17.4 Å². The molecule has 0 bridgehead atoms. The van der Waals surface area contributed by atoms with Gasteiger partial charge in [0.15, 0.2) is 0 Å². The van der Waals surface area contributed by atoms with Gasteiger partial charge in [0, 0.05) is 58.0 Å². The van der Waals surface area contributed by atoms with E-state index >= 15 is 0 Å². The summed E-state index contributed by atoms with van der Waals surface area (Å²) in [6, 6.07) is 24.4. The lowest BCUT2D eigenvalue weighted by Crippen LogP contribution is -2.46.